The van der Waals surface area contributed by atoms with Gasteiger partial charge < -0.3 is 5.32 Å². The molecule has 0 unspecified atom stereocenters. The first-order valence-electron chi connectivity index (χ1n) is 4.22. The summed E-state index contributed by atoms with van der Waals surface area (Å²) in [6.45, 7) is 1.49. The van der Waals surface area contributed by atoms with E-state index in [2.05, 4.69) is 26.2 Å². The van der Waals surface area contributed by atoms with Crippen LogP contribution in [0.2, 0.25) is 0 Å². The van der Waals surface area contributed by atoms with Crippen LogP contribution in [0.25, 0.3) is 0 Å². The van der Waals surface area contributed by atoms with Gasteiger partial charge in [-0.05, 0) is 29.0 Å². The van der Waals surface area contributed by atoms with Gasteiger partial charge in [0.25, 0.3) is 0 Å². The summed E-state index contributed by atoms with van der Waals surface area (Å²) >= 11 is 4.69. The van der Waals surface area contributed by atoms with E-state index in [1.165, 1.54) is 11.3 Å². The van der Waals surface area contributed by atoms with Crippen molar-refractivity contribution in [3.63, 3.8) is 0 Å². The van der Waals surface area contributed by atoms with E-state index in [4.69, 9.17) is 0 Å². The minimum atomic E-state index is -1.19. The predicted molar refractivity (Wildman–Crippen MR) is 69.2 cm³/mol. The lowest BCUT2D eigenvalue weighted by Crippen LogP contribution is -2.36. The average Bonchev–Trinajstić information content (AvgIpc) is 2.54. The molecular weight excluding hydrogens is 326 g/mol. The molecule has 2 heterocycles. The third-order valence-corrected chi connectivity index (χ3v) is 3.91. The van der Waals surface area contributed by atoms with Crippen LogP contribution in [0.3, 0.4) is 0 Å². The minimum absolute atomic E-state index is 0. The van der Waals surface area contributed by atoms with Crippen molar-refractivity contribution < 1.29 is 4.39 Å². The maximum atomic E-state index is 14.2. The van der Waals surface area contributed by atoms with E-state index in [1.807, 2.05) is 0 Å². The molecule has 1 aromatic heterocycles. The van der Waals surface area contributed by atoms with E-state index < -0.39 is 5.67 Å². The molecule has 1 aromatic rings. The monoisotopic (exact) mass is 336 g/mol. The van der Waals surface area contributed by atoms with Gasteiger partial charge >= 0.3 is 0 Å². The molecule has 0 bridgehead atoms. The number of thiazole rings is 1. The van der Waals surface area contributed by atoms with Gasteiger partial charge in [0.15, 0.2) is 5.67 Å². The zero-order valence-corrected chi connectivity index (χ0v) is 11.9. The van der Waals surface area contributed by atoms with E-state index in [0.717, 1.165) is 16.9 Å². The molecule has 0 radical (unpaired) electrons. The van der Waals surface area contributed by atoms with Crippen LogP contribution in [0.5, 0.6) is 0 Å². The fourth-order valence-electron chi connectivity index (χ4n) is 1.50. The van der Waals surface area contributed by atoms with Crippen LogP contribution < -0.4 is 5.32 Å². The number of rotatable bonds is 1. The molecular formula is C8H12BrCl2FN2S. The van der Waals surface area contributed by atoms with Gasteiger partial charge in [-0.3, -0.25) is 0 Å². The molecule has 1 N–H and O–H groups in total. The lowest BCUT2D eigenvalue weighted by molar-refractivity contribution is 0.115. The summed E-state index contributed by atoms with van der Waals surface area (Å²) in [4.78, 5) is 4.08. The number of halogens is 4. The van der Waals surface area contributed by atoms with Crippen molar-refractivity contribution in [2.75, 3.05) is 13.1 Å². The van der Waals surface area contributed by atoms with E-state index in [0.29, 0.717) is 17.8 Å². The molecule has 2 nitrogen and oxygen atoms in total. The Bertz CT molecular complexity index is 305. The maximum absolute atomic E-state index is 14.2. The Balaban J connectivity index is 0.000000980. The van der Waals surface area contributed by atoms with Crippen molar-refractivity contribution in [3.05, 3.63) is 15.0 Å². The van der Waals surface area contributed by atoms with Crippen molar-refractivity contribution in [2.24, 2.45) is 0 Å². The van der Waals surface area contributed by atoms with Gasteiger partial charge in [-0.2, -0.15) is 0 Å². The molecule has 0 atom stereocenters. The zero-order chi connectivity index (χ0) is 9.31. The maximum Gasteiger partial charge on any atom is 0.164 e. The number of alkyl halides is 1. The zero-order valence-electron chi connectivity index (χ0n) is 7.83. The Kier molecular flexibility index (Phi) is 6.59. The van der Waals surface area contributed by atoms with Crippen LogP contribution in [0, 0.1) is 0 Å². The standard InChI is InChI=1S/C8H10BrFN2S.2ClH/c9-6-5-12-7(13-6)8(10)1-3-11-4-2-8;;/h5,11H,1-4H2;2*1H. The second kappa shape index (κ2) is 6.35. The summed E-state index contributed by atoms with van der Waals surface area (Å²) in [6.07, 6.45) is 2.74. The van der Waals surface area contributed by atoms with Gasteiger partial charge in [0.2, 0.25) is 0 Å². The number of aromatic nitrogens is 1. The highest BCUT2D eigenvalue weighted by Gasteiger charge is 2.36. The predicted octanol–water partition coefficient (Wildman–Crippen LogP) is 3.30. The Morgan fingerprint density at radius 1 is 1.40 bits per heavy atom. The lowest BCUT2D eigenvalue weighted by Gasteiger charge is -2.27. The van der Waals surface area contributed by atoms with Gasteiger partial charge in [0, 0.05) is 12.8 Å². The van der Waals surface area contributed by atoms with Gasteiger partial charge in [-0.15, -0.1) is 36.2 Å². The molecule has 0 aliphatic carbocycles. The van der Waals surface area contributed by atoms with E-state index in [1.54, 1.807) is 6.20 Å². The summed E-state index contributed by atoms with van der Waals surface area (Å²) < 4.78 is 15.1. The Hall–Kier alpha value is 0.580. The van der Waals surface area contributed by atoms with Crippen LogP contribution in [0.15, 0.2) is 9.98 Å². The fourth-order valence-corrected chi connectivity index (χ4v) is 2.84. The highest BCUT2D eigenvalue weighted by atomic mass is 79.9. The van der Waals surface area contributed by atoms with Gasteiger partial charge in [-0.1, -0.05) is 0 Å². The summed E-state index contributed by atoms with van der Waals surface area (Å²) in [5.41, 5.74) is -1.19. The van der Waals surface area contributed by atoms with Crippen LogP contribution in [0.1, 0.15) is 17.8 Å². The van der Waals surface area contributed by atoms with Crippen LogP contribution in [0.4, 0.5) is 4.39 Å². The SMILES string of the molecule is Cl.Cl.FC1(c2ncc(Br)s2)CCNCC1. The third kappa shape index (κ3) is 3.53. The summed E-state index contributed by atoms with van der Waals surface area (Å²) in [5, 5.41) is 3.75. The molecule has 15 heavy (non-hydrogen) atoms. The summed E-state index contributed by atoms with van der Waals surface area (Å²) in [6, 6.07) is 0. The second-order valence-corrected chi connectivity index (χ2v) is 5.59. The quantitative estimate of drug-likeness (QED) is 0.850. The largest absolute Gasteiger partial charge is 0.316 e. The molecule has 1 aliphatic heterocycles. The highest BCUT2D eigenvalue weighted by Crippen LogP contribution is 2.38. The average molecular weight is 338 g/mol. The number of piperidine rings is 1. The number of hydrogen-bond acceptors (Lipinski definition) is 3. The molecule has 0 saturated carbocycles. The van der Waals surface area contributed by atoms with Gasteiger partial charge in [-0.25, -0.2) is 9.37 Å². The first-order valence-corrected chi connectivity index (χ1v) is 5.83. The second-order valence-electron chi connectivity index (χ2n) is 3.18. The lowest BCUT2D eigenvalue weighted by atomic mass is 9.95. The van der Waals surface area contributed by atoms with E-state index in [-0.39, 0.29) is 24.8 Å². The Morgan fingerprint density at radius 2 is 2.00 bits per heavy atom. The molecule has 7 heteroatoms. The molecule has 88 valence electrons. The van der Waals surface area contributed by atoms with Crippen molar-refractivity contribution in [1.82, 2.24) is 10.3 Å². The molecule has 0 spiro atoms. The van der Waals surface area contributed by atoms with E-state index >= 15 is 0 Å². The summed E-state index contributed by atoms with van der Waals surface area (Å²) in [7, 11) is 0. The third-order valence-electron chi connectivity index (χ3n) is 2.26. The minimum Gasteiger partial charge on any atom is -0.316 e. The normalized spacial score (nSPS) is 18.8. The fraction of sp³-hybridized carbons (Fsp3) is 0.625. The van der Waals surface area contributed by atoms with Gasteiger partial charge in [0.05, 0.1) is 9.98 Å². The number of nitrogens with zero attached hydrogens (tertiary/aromatic N) is 1. The van der Waals surface area contributed by atoms with Crippen LogP contribution in [-0.4, -0.2) is 18.1 Å². The summed E-state index contributed by atoms with van der Waals surface area (Å²) in [5.74, 6) is 0. The molecule has 0 amide bonds. The molecule has 2 rings (SSSR count). The molecule has 1 saturated heterocycles. The molecule has 1 fully saturated rings. The van der Waals surface area contributed by atoms with Crippen LogP contribution >= 0.6 is 52.1 Å². The van der Waals surface area contributed by atoms with Crippen molar-refractivity contribution in [2.45, 2.75) is 18.5 Å². The first kappa shape index (κ1) is 15.6. The Morgan fingerprint density at radius 3 is 2.47 bits per heavy atom. The van der Waals surface area contributed by atoms with E-state index in [9.17, 15) is 4.39 Å². The van der Waals surface area contributed by atoms with Crippen molar-refractivity contribution in [1.29, 1.82) is 0 Å². The van der Waals surface area contributed by atoms with Crippen molar-refractivity contribution in [3.8, 4) is 0 Å². The molecule has 1 aliphatic rings. The number of hydrogen-bond donors (Lipinski definition) is 1. The van der Waals surface area contributed by atoms with Crippen LogP contribution in [-0.2, 0) is 5.67 Å². The topological polar surface area (TPSA) is 24.9 Å². The Labute approximate surface area is 113 Å². The molecule has 0 aromatic carbocycles. The smallest absolute Gasteiger partial charge is 0.164 e. The number of nitrogens with one attached hydrogen (secondary N) is 1. The highest BCUT2D eigenvalue weighted by molar-refractivity contribution is 9.11. The first-order chi connectivity index (χ1) is 6.21. The van der Waals surface area contributed by atoms with Crippen molar-refractivity contribution >= 4 is 52.1 Å². The van der Waals surface area contributed by atoms with Gasteiger partial charge in [0.1, 0.15) is 5.01 Å².